The van der Waals surface area contributed by atoms with Gasteiger partial charge in [0.1, 0.15) is 12.1 Å². The fraction of sp³-hybridized carbons (Fsp3) is 0.150. The van der Waals surface area contributed by atoms with E-state index in [0.717, 1.165) is 22.3 Å². The molecule has 0 heterocycles. The van der Waals surface area contributed by atoms with Crippen LogP contribution in [0, 0.1) is 0 Å². The lowest BCUT2D eigenvalue weighted by molar-refractivity contribution is -0.123. The number of amides is 6. The number of urea groups is 2. The molecular formula is C40H40N6O4. The number of carbonyl (C=O) groups excluding carboxylic acids is 4. The Hall–Kier alpha value is -6.42. The summed E-state index contributed by atoms with van der Waals surface area (Å²) in [6.45, 7) is 0.428. The van der Waals surface area contributed by atoms with E-state index in [1.54, 1.807) is 24.3 Å². The Labute approximate surface area is 291 Å². The Bertz CT molecular complexity index is 1710. The zero-order chi connectivity index (χ0) is 35.0. The minimum Gasteiger partial charge on any atom is -0.350 e. The van der Waals surface area contributed by atoms with E-state index in [2.05, 4.69) is 31.9 Å². The van der Waals surface area contributed by atoms with Crippen molar-refractivity contribution in [2.45, 2.75) is 38.0 Å². The van der Waals surface area contributed by atoms with Gasteiger partial charge in [-0.05, 0) is 46.5 Å². The Kier molecular flexibility index (Phi) is 12.7. The zero-order valence-electron chi connectivity index (χ0n) is 27.5. The molecule has 10 nitrogen and oxygen atoms in total. The van der Waals surface area contributed by atoms with Gasteiger partial charge in [-0.2, -0.15) is 0 Å². The van der Waals surface area contributed by atoms with Crippen LogP contribution in [-0.2, 0) is 35.5 Å². The minimum atomic E-state index is -0.822. The molecular weight excluding hydrogens is 628 g/mol. The highest BCUT2D eigenvalue weighted by molar-refractivity contribution is 5.94. The number of para-hydroxylation sites is 2. The van der Waals surface area contributed by atoms with E-state index in [9.17, 15) is 19.2 Å². The normalized spacial score (nSPS) is 11.7. The molecule has 254 valence electrons. The van der Waals surface area contributed by atoms with Gasteiger partial charge in [0.05, 0.1) is 0 Å². The summed E-state index contributed by atoms with van der Waals surface area (Å²) in [5.74, 6) is -0.668. The van der Waals surface area contributed by atoms with Crippen molar-refractivity contribution in [1.82, 2.24) is 21.3 Å². The van der Waals surface area contributed by atoms with Crippen LogP contribution in [0.25, 0.3) is 0 Å². The van der Waals surface area contributed by atoms with E-state index in [-0.39, 0.29) is 24.9 Å². The number of nitrogens with one attached hydrogen (secondary N) is 6. The molecule has 6 N–H and O–H groups in total. The van der Waals surface area contributed by atoms with Crippen LogP contribution in [0.1, 0.15) is 22.3 Å². The molecule has 5 rings (SSSR count). The van der Waals surface area contributed by atoms with Crippen LogP contribution in [0.3, 0.4) is 0 Å². The first-order valence-corrected chi connectivity index (χ1v) is 16.4. The largest absolute Gasteiger partial charge is 0.350 e. The Morgan fingerprint density at radius 3 is 1.14 bits per heavy atom. The smallest absolute Gasteiger partial charge is 0.319 e. The fourth-order valence-electron chi connectivity index (χ4n) is 5.29. The summed E-state index contributed by atoms with van der Waals surface area (Å²) in [5.41, 5.74) is 4.68. The minimum absolute atomic E-state index is 0.214. The predicted octanol–water partition coefficient (Wildman–Crippen LogP) is 5.79. The highest BCUT2D eigenvalue weighted by Crippen LogP contribution is 2.11. The van der Waals surface area contributed by atoms with Gasteiger partial charge in [-0.15, -0.1) is 0 Å². The molecule has 0 saturated carbocycles. The van der Waals surface area contributed by atoms with Crippen molar-refractivity contribution < 1.29 is 19.2 Å². The Balaban J connectivity index is 1.18. The molecule has 0 aliphatic rings. The van der Waals surface area contributed by atoms with Gasteiger partial charge in [-0.25, -0.2) is 9.59 Å². The van der Waals surface area contributed by atoms with Crippen LogP contribution in [0.2, 0.25) is 0 Å². The van der Waals surface area contributed by atoms with Gasteiger partial charge in [-0.1, -0.05) is 121 Å². The van der Waals surface area contributed by atoms with Gasteiger partial charge in [0.15, 0.2) is 0 Å². The first-order valence-electron chi connectivity index (χ1n) is 16.4. The summed E-state index contributed by atoms with van der Waals surface area (Å²) in [6.07, 6.45) is 0.616. The van der Waals surface area contributed by atoms with Gasteiger partial charge in [0.25, 0.3) is 0 Å². The molecule has 0 aromatic heterocycles. The van der Waals surface area contributed by atoms with Crippen LogP contribution in [0.5, 0.6) is 0 Å². The van der Waals surface area contributed by atoms with Crippen molar-refractivity contribution in [3.63, 3.8) is 0 Å². The van der Waals surface area contributed by atoms with E-state index in [0.29, 0.717) is 24.2 Å². The van der Waals surface area contributed by atoms with Gasteiger partial charge in [0, 0.05) is 37.3 Å². The van der Waals surface area contributed by atoms with E-state index in [4.69, 9.17) is 0 Å². The SMILES string of the molecule is O=C(Nc1ccccc1)N[C@@H](Cc1ccccc1)C(=O)NCc1cccc(CNC(=O)[C@H](Cc2ccccc2)NC(=O)Nc2ccccc2)c1. The molecule has 0 saturated heterocycles. The highest BCUT2D eigenvalue weighted by atomic mass is 16.2. The first-order chi connectivity index (χ1) is 24.4. The topological polar surface area (TPSA) is 140 Å². The van der Waals surface area contributed by atoms with Gasteiger partial charge >= 0.3 is 12.1 Å². The molecule has 6 amide bonds. The van der Waals surface area contributed by atoms with Crippen LogP contribution in [0.15, 0.2) is 146 Å². The van der Waals surface area contributed by atoms with E-state index in [1.165, 1.54) is 0 Å². The zero-order valence-corrected chi connectivity index (χ0v) is 27.5. The highest BCUT2D eigenvalue weighted by Gasteiger charge is 2.23. The summed E-state index contributed by atoms with van der Waals surface area (Å²) >= 11 is 0. The summed E-state index contributed by atoms with van der Waals surface area (Å²) in [5, 5.41) is 17.0. The predicted molar refractivity (Wildman–Crippen MR) is 195 cm³/mol. The molecule has 0 aliphatic heterocycles. The molecule has 0 unspecified atom stereocenters. The van der Waals surface area contributed by atoms with E-state index < -0.39 is 24.1 Å². The second-order valence-electron chi connectivity index (χ2n) is 11.7. The third-order valence-electron chi connectivity index (χ3n) is 7.80. The first kappa shape index (κ1) is 34.9. The molecule has 0 bridgehead atoms. The summed E-state index contributed by atoms with van der Waals surface area (Å²) in [4.78, 5) is 52.4. The number of rotatable bonds is 14. The van der Waals surface area contributed by atoms with Crippen molar-refractivity contribution in [1.29, 1.82) is 0 Å². The maximum atomic E-state index is 13.4. The second-order valence-corrected chi connectivity index (χ2v) is 11.7. The molecule has 0 spiro atoms. The van der Waals surface area contributed by atoms with Gasteiger partial charge < -0.3 is 31.9 Å². The number of carbonyl (C=O) groups is 4. The monoisotopic (exact) mass is 668 g/mol. The van der Waals surface area contributed by atoms with Crippen molar-refractivity contribution in [2.24, 2.45) is 0 Å². The van der Waals surface area contributed by atoms with Crippen LogP contribution < -0.4 is 31.9 Å². The molecule has 50 heavy (non-hydrogen) atoms. The molecule has 5 aromatic rings. The average Bonchev–Trinajstić information content (AvgIpc) is 3.14. The maximum absolute atomic E-state index is 13.4. The quantitative estimate of drug-likeness (QED) is 0.0892. The molecule has 2 atom stereocenters. The lowest BCUT2D eigenvalue weighted by Crippen LogP contribution is -2.49. The van der Waals surface area contributed by atoms with Crippen molar-refractivity contribution in [3.05, 3.63) is 168 Å². The average molecular weight is 669 g/mol. The van der Waals surface area contributed by atoms with Gasteiger partial charge in [-0.3, -0.25) is 9.59 Å². The van der Waals surface area contributed by atoms with Crippen molar-refractivity contribution >= 4 is 35.3 Å². The van der Waals surface area contributed by atoms with Crippen LogP contribution in [0.4, 0.5) is 21.0 Å². The Morgan fingerprint density at radius 2 is 0.760 bits per heavy atom. The van der Waals surface area contributed by atoms with Gasteiger partial charge in [0.2, 0.25) is 11.8 Å². The van der Waals surface area contributed by atoms with Crippen molar-refractivity contribution in [2.75, 3.05) is 10.6 Å². The second kappa shape index (κ2) is 18.2. The summed E-state index contributed by atoms with van der Waals surface area (Å²) < 4.78 is 0. The molecule has 10 heteroatoms. The van der Waals surface area contributed by atoms with E-state index >= 15 is 0 Å². The van der Waals surface area contributed by atoms with Crippen molar-refractivity contribution in [3.8, 4) is 0 Å². The third-order valence-corrected chi connectivity index (χ3v) is 7.80. The standard InChI is InChI=1S/C40H40N6O4/c47-37(35(25-29-14-5-1-6-15-29)45-39(49)43-33-20-9-3-10-21-33)41-27-31-18-13-19-32(24-31)28-42-38(48)36(26-30-16-7-2-8-17-30)46-40(50)44-34-22-11-4-12-23-34/h1-24,35-36H,25-28H2,(H,41,47)(H,42,48)(H2,43,45,49)(H2,44,46,50)/t35-,36-/m0/s1. The van der Waals surface area contributed by atoms with Crippen LogP contribution in [-0.4, -0.2) is 36.0 Å². The maximum Gasteiger partial charge on any atom is 0.319 e. The number of anilines is 2. The lowest BCUT2D eigenvalue weighted by atomic mass is 10.0. The number of benzene rings is 5. The summed E-state index contributed by atoms with van der Waals surface area (Å²) in [6, 6.07) is 41.9. The molecule has 0 aliphatic carbocycles. The summed E-state index contributed by atoms with van der Waals surface area (Å²) in [7, 11) is 0. The number of hydrogen-bond donors (Lipinski definition) is 6. The molecule has 0 radical (unpaired) electrons. The van der Waals surface area contributed by atoms with Crippen LogP contribution >= 0.6 is 0 Å². The molecule has 5 aromatic carbocycles. The third kappa shape index (κ3) is 11.4. The lowest BCUT2D eigenvalue weighted by Gasteiger charge is -2.20. The Morgan fingerprint density at radius 1 is 0.420 bits per heavy atom. The van der Waals surface area contributed by atoms with E-state index in [1.807, 2.05) is 121 Å². The molecule has 0 fully saturated rings. The fourth-order valence-corrected chi connectivity index (χ4v) is 5.29. The number of hydrogen-bond acceptors (Lipinski definition) is 4.